The molecule has 0 aliphatic rings. The predicted molar refractivity (Wildman–Crippen MR) is 199 cm³/mol. The summed E-state index contributed by atoms with van der Waals surface area (Å²) in [5.41, 5.74) is 9.10. The number of para-hydroxylation sites is 4. The fourth-order valence-electron chi connectivity index (χ4n) is 7.12. The van der Waals surface area contributed by atoms with Crippen LogP contribution in [0.4, 0.5) is 0 Å². The third kappa shape index (κ3) is 5.20. The Balaban J connectivity index is 0.00000361. The van der Waals surface area contributed by atoms with Gasteiger partial charge in [0.15, 0.2) is 5.58 Å². The number of nitrogens with zero attached hydrogens (tertiary/aromatic N) is 3. The zero-order valence-corrected chi connectivity index (χ0v) is 30.4. The molecule has 0 N–H and O–H groups in total. The molecule has 50 heavy (non-hydrogen) atoms. The molecule has 6 aromatic carbocycles. The number of imidazole rings is 1. The van der Waals surface area contributed by atoms with E-state index in [1.807, 2.05) is 48.7 Å². The van der Waals surface area contributed by atoms with E-state index in [2.05, 4.69) is 111 Å². The van der Waals surface area contributed by atoms with Gasteiger partial charge in [-0.1, -0.05) is 100 Å². The number of pyridine rings is 1. The van der Waals surface area contributed by atoms with E-state index in [9.17, 15) is 0 Å². The minimum Gasteiger partial charge on any atom is -0.497 e. The van der Waals surface area contributed by atoms with E-state index in [-0.39, 0.29) is 21.1 Å². The minimum absolute atomic E-state index is 0. The van der Waals surface area contributed by atoms with Crippen molar-refractivity contribution in [2.24, 2.45) is 0 Å². The predicted octanol–water partition coefficient (Wildman–Crippen LogP) is 11.9. The van der Waals surface area contributed by atoms with Crippen molar-refractivity contribution < 1.29 is 30.2 Å². The molecule has 246 valence electrons. The van der Waals surface area contributed by atoms with Crippen LogP contribution in [0.5, 0.6) is 11.5 Å². The van der Waals surface area contributed by atoms with Gasteiger partial charge in [-0.15, -0.1) is 46.7 Å². The van der Waals surface area contributed by atoms with E-state index in [0.717, 1.165) is 66.0 Å². The maximum absolute atomic E-state index is 6.49. The molecule has 0 saturated heterocycles. The van der Waals surface area contributed by atoms with E-state index in [1.54, 1.807) is 0 Å². The summed E-state index contributed by atoms with van der Waals surface area (Å²) in [6, 6.07) is 44.4. The molecule has 9 rings (SSSR count). The van der Waals surface area contributed by atoms with Crippen LogP contribution in [0, 0.1) is 12.1 Å². The number of rotatable bonds is 6. The summed E-state index contributed by atoms with van der Waals surface area (Å²) in [6.45, 7) is 9.00. The van der Waals surface area contributed by atoms with Crippen LogP contribution in [0.25, 0.3) is 71.7 Å². The average Bonchev–Trinajstić information content (AvgIpc) is 3.70. The Morgan fingerprint density at radius 1 is 0.680 bits per heavy atom. The number of hydrogen-bond acceptors (Lipinski definition) is 4. The molecule has 9 aromatic rings. The third-order valence-electron chi connectivity index (χ3n) is 9.43. The Labute approximate surface area is 304 Å². The maximum atomic E-state index is 6.49. The Morgan fingerprint density at radius 2 is 1.40 bits per heavy atom. The summed E-state index contributed by atoms with van der Waals surface area (Å²) < 4.78 is 14.9. The largest absolute Gasteiger partial charge is 2.00 e. The van der Waals surface area contributed by atoms with Crippen molar-refractivity contribution in [1.29, 1.82) is 0 Å². The fourth-order valence-corrected chi connectivity index (χ4v) is 7.12. The van der Waals surface area contributed by atoms with Gasteiger partial charge in [0.25, 0.3) is 0 Å². The molecule has 0 fully saturated rings. The Hall–Kier alpha value is -5.25. The van der Waals surface area contributed by atoms with Gasteiger partial charge >= 0.3 is 21.1 Å². The number of fused-ring (bicyclic) bond motifs is 8. The van der Waals surface area contributed by atoms with Crippen molar-refractivity contribution in [1.82, 2.24) is 14.5 Å². The maximum Gasteiger partial charge on any atom is 2.00 e. The third-order valence-corrected chi connectivity index (χ3v) is 9.43. The van der Waals surface area contributed by atoms with Crippen LogP contribution in [0.1, 0.15) is 50.7 Å². The van der Waals surface area contributed by atoms with Crippen molar-refractivity contribution in [3.8, 4) is 28.6 Å². The first kappa shape index (κ1) is 32.0. The van der Waals surface area contributed by atoms with E-state index in [0.29, 0.717) is 23.3 Å². The van der Waals surface area contributed by atoms with Gasteiger partial charge in [-0.3, -0.25) is 4.98 Å². The summed E-state index contributed by atoms with van der Waals surface area (Å²) >= 11 is 0. The van der Waals surface area contributed by atoms with Gasteiger partial charge < -0.3 is 18.7 Å². The molecule has 0 saturated carbocycles. The van der Waals surface area contributed by atoms with Crippen molar-refractivity contribution in [3.05, 3.63) is 139 Å². The average molecular weight is 831 g/mol. The summed E-state index contributed by atoms with van der Waals surface area (Å²) in [5.74, 6) is 2.67. The second-order valence-electron chi connectivity index (χ2n) is 13.2. The van der Waals surface area contributed by atoms with Crippen LogP contribution in [0.15, 0.2) is 120 Å². The van der Waals surface area contributed by atoms with Crippen molar-refractivity contribution in [2.75, 3.05) is 0 Å². The topological polar surface area (TPSA) is 53.1 Å². The van der Waals surface area contributed by atoms with E-state index in [1.165, 1.54) is 16.8 Å². The van der Waals surface area contributed by atoms with E-state index >= 15 is 0 Å². The van der Waals surface area contributed by atoms with Crippen LogP contribution in [-0.2, 0) is 21.1 Å². The van der Waals surface area contributed by atoms with Gasteiger partial charge in [-0.05, 0) is 52.1 Å². The van der Waals surface area contributed by atoms with Crippen LogP contribution in [-0.4, -0.2) is 14.5 Å². The van der Waals surface area contributed by atoms with Gasteiger partial charge in [-0.25, -0.2) is 0 Å². The van der Waals surface area contributed by atoms with E-state index in [4.69, 9.17) is 19.1 Å². The molecule has 3 aromatic heterocycles. The summed E-state index contributed by atoms with van der Waals surface area (Å²) in [7, 11) is 0. The zero-order chi connectivity index (χ0) is 33.2. The Morgan fingerprint density at radius 3 is 2.22 bits per heavy atom. The Kier molecular flexibility index (Phi) is 8.04. The molecule has 0 aliphatic carbocycles. The van der Waals surface area contributed by atoms with Crippen LogP contribution in [0.2, 0.25) is 0 Å². The number of ether oxygens (including phenoxy) is 1. The molecular weight excluding hydrogens is 798 g/mol. The monoisotopic (exact) mass is 830 g/mol. The summed E-state index contributed by atoms with van der Waals surface area (Å²) in [4.78, 5) is 10.0. The molecule has 0 atom stereocenters. The normalized spacial score (nSPS) is 11.8. The SMILES string of the molecule is CC(C)c1cccc(C(C)C)c1-n1c(-c2[c-]c(Oc3[c-]c4c(cc3)ccc3c4ncc4oc5ccccc5c43)ccc2)nc2ccccc21.[Pt+2]. The molecule has 0 spiro atoms. The molecule has 6 heteroatoms. The standard InChI is InChI=1S/C44H33N3O2.Pt/c1-26(2)32-14-10-15-33(27(3)4)43(32)47-38-17-7-6-16-37(38)46-44(47)29-11-9-12-30(23-29)48-31-21-19-28-20-22-35-41-34-13-5-8-18-39(34)49-40(41)25-45-42(35)36(28)24-31;/h5-22,25-27H,1-4H3;/q-2;+2. The molecule has 0 bridgehead atoms. The molecular formula is C44H33N3O2Pt. The smallest absolute Gasteiger partial charge is 0.497 e. The molecule has 3 heterocycles. The van der Waals surface area contributed by atoms with Gasteiger partial charge in [-0.2, -0.15) is 0 Å². The second kappa shape index (κ2) is 12.6. The zero-order valence-electron chi connectivity index (χ0n) is 28.1. The molecule has 0 radical (unpaired) electrons. The fraction of sp³-hybridized carbons (Fsp3) is 0.136. The number of furan rings is 1. The Bertz CT molecular complexity index is 2700. The summed E-state index contributed by atoms with van der Waals surface area (Å²) in [6.07, 6.45) is 1.81. The van der Waals surface area contributed by atoms with Gasteiger partial charge in [0, 0.05) is 28.0 Å². The molecule has 0 aliphatic heterocycles. The molecule has 5 nitrogen and oxygen atoms in total. The number of benzene rings is 6. The number of hydrogen-bond donors (Lipinski definition) is 0. The summed E-state index contributed by atoms with van der Waals surface area (Å²) in [5, 5.41) is 5.09. The van der Waals surface area contributed by atoms with Crippen LogP contribution < -0.4 is 4.74 Å². The van der Waals surface area contributed by atoms with Gasteiger partial charge in [0.1, 0.15) is 5.58 Å². The van der Waals surface area contributed by atoms with Crippen molar-refractivity contribution in [2.45, 2.75) is 39.5 Å². The van der Waals surface area contributed by atoms with Gasteiger partial charge in [0.2, 0.25) is 0 Å². The molecule has 0 amide bonds. The first-order valence-electron chi connectivity index (χ1n) is 16.8. The van der Waals surface area contributed by atoms with E-state index < -0.39 is 0 Å². The van der Waals surface area contributed by atoms with Gasteiger partial charge in [0.05, 0.1) is 23.1 Å². The number of aromatic nitrogens is 3. The van der Waals surface area contributed by atoms with Crippen molar-refractivity contribution >= 4 is 54.6 Å². The molecule has 0 unspecified atom stereocenters. The first-order valence-corrected chi connectivity index (χ1v) is 16.8. The van der Waals surface area contributed by atoms with Crippen molar-refractivity contribution in [3.63, 3.8) is 0 Å². The minimum atomic E-state index is 0. The second-order valence-corrected chi connectivity index (χ2v) is 13.2. The quantitative estimate of drug-likeness (QED) is 0.124. The van der Waals surface area contributed by atoms with Crippen LogP contribution >= 0.6 is 0 Å². The van der Waals surface area contributed by atoms with Crippen LogP contribution in [0.3, 0.4) is 0 Å². The first-order chi connectivity index (χ1) is 23.9.